The molecular weight excluding hydrogens is 295 g/mol. The summed E-state index contributed by atoms with van der Waals surface area (Å²) in [6, 6.07) is 15.6. The Hall–Kier alpha value is -2.40. The molecule has 0 bridgehead atoms. The van der Waals surface area contributed by atoms with Gasteiger partial charge in [0.25, 0.3) is 0 Å². The molecule has 2 aromatic rings. The summed E-state index contributed by atoms with van der Waals surface area (Å²) in [5, 5.41) is 5.91. The molecule has 4 nitrogen and oxygen atoms in total. The van der Waals surface area contributed by atoms with E-state index in [0.717, 1.165) is 5.56 Å². The molecule has 0 aliphatic rings. The second-order valence-corrected chi connectivity index (χ2v) is 5.16. The van der Waals surface area contributed by atoms with Crippen LogP contribution in [0.25, 0.3) is 0 Å². The molecule has 2 rings (SSSR count). The highest BCUT2D eigenvalue weighted by molar-refractivity contribution is 5.81. The van der Waals surface area contributed by atoms with Crippen LogP contribution in [0, 0.1) is 5.82 Å². The minimum Gasteiger partial charge on any atom is -0.489 e. The van der Waals surface area contributed by atoms with E-state index < -0.39 is 0 Å². The number of ether oxygens (including phenoxy) is 1. The van der Waals surface area contributed by atoms with Gasteiger partial charge in [-0.1, -0.05) is 42.5 Å². The van der Waals surface area contributed by atoms with Gasteiger partial charge in [0.05, 0.1) is 6.04 Å². The maximum absolute atomic E-state index is 13.4. The van der Waals surface area contributed by atoms with Gasteiger partial charge in [-0.15, -0.1) is 0 Å². The van der Waals surface area contributed by atoms with E-state index in [0.29, 0.717) is 13.1 Å². The third-order valence-electron chi connectivity index (χ3n) is 3.35. The van der Waals surface area contributed by atoms with Gasteiger partial charge in [-0.2, -0.15) is 0 Å². The number of halogens is 1. The van der Waals surface area contributed by atoms with Crippen LogP contribution >= 0.6 is 0 Å². The zero-order valence-electron chi connectivity index (χ0n) is 13.1. The molecule has 0 aromatic heterocycles. The van der Waals surface area contributed by atoms with Crippen LogP contribution in [0.5, 0.6) is 5.75 Å². The maximum atomic E-state index is 13.4. The van der Waals surface area contributed by atoms with Crippen molar-refractivity contribution in [1.82, 2.24) is 10.6 Å². The topological polar surface area (TPSA) is 50.4 Å². The first-order valence-electron chi connectivity index (χ1n) is 7.59. The van der Waals surface area contributed by atoms with E-state index in [9.17, 15) is 9.18 Å². The lowest BCUT2D eigenvalue weighted by Crippen LogP contribution is -2.43. The number of hydrogen-bond acceptors (Lipinski definition) is 3. The minimum atomic E-state index is -0.388. The van der Waals surface area contributed by atoms with Crippen molar-refractivity contribution < 1.29 is 13.9 Å². The Morgan fingerprint density at radius 2 is 1.83 bits per heavy atom. The summed E-state index contributed by atoms with van der Waals surface area (Å²) >= 11 is 0. The van der Waals surface area contributed by atoms with Crippen LogP contribution in [0.4, 0.5) is 4.39 Å². The van der Waals surface area contributed by atoms with Gasteiger partial charge in [-0.05, 0) is 24.6 Å². The van der Waals surface area contributed by atoms with E-state index in [2.05, 4.69) is 10.6 Å². The highest BCUT2D eigenvalue weighted by Gasteiger charge is 2.11. The maximum Gasteiger partial charge on any atom is 0.237 e. The first-order chi connectivity index (χ1) is 11.2. The van der Waals surface area contributed by atoms with Gasteiger partial charge in [0.1, 0.15) is 6.61 Å². The Balaban J connectivity index is 1.65. The molecule has 0 spiro atoms. The molecule has 1 atom stereocenters. The van der Waals surface area contributed by atoms with Gasteiger partial charge in [0.2, 0.25) is 5.91 Å². The van der Waals surface area contributed by atoms with Crippen molar-refractivity contribution in [3.8, 4) is 5.75 Å². The van der Waals surface area contributed by atoms with Gasteiger partial charge in [0, 0.05) is 13.1 Å². The van der Waals surface area contributed by atoms with E-state index in [4.69, 9.17) is 4.74 Å². The fraction of sp³-hybridized carbons (Fsp3) is 0.278. The van der Waals surface area contributed by atoms with Crippen LogP contribution in [0.15, 0.2) is 54.6 Å². The number of benzene rings is 2. The number of hydrogen-bond donors (Lipinski definition) is 2. The second-order valence-electron chi connectivity index (χ2n) is 5.16. The van der Waals surface area contributed by atoms with E-state index in [1.807, 2.05) is 30.3 Å². The average molecular weight is 316 g/mol. The van der Waals surface area contributed by atoms with Crippen LogP contribution < -0.4 is 15.4 Å². The Kier molecular flexibility index (Phi) is 6.56. The van der Waals surface area contributed by atoms with Crippen molar-refractivity contribution in [2.75, 3.05) is 13.2 Å². The van der Waals surface area contributed by atoms with Gasteiger partial charge in [0.15, 0.2) is 11.6 Å². The fourth-order valence-electron chi connectivity index (χ4n) is 2.03. The number of amides is 1. The third-order valence-corrected chi connectivity index (χ3v) is 3.35. The summed E-state index contributed by atoms with van der Waals surface area (Å²) in [6.45, 7) is 3.02. The van der Waals surface area contributed by atoms with Crippen LogP contribution in [-0.4, -0.2) is 25.1 Å². The van der Waals surface area contributed by atoms with Gasteiger partial charge in [-0.3, -0.25) is 4.79 Å². The number of carbonyl (C=O) groups excluding carboxylic acids is 1. The van der Waals surface area contributed by atoms with E-state index in [1.54, 1.807) is 25.1 Å². The van der Waals surface area contributed by atoms with Crippen molar-refractivity contribution in [3.63, 3.8) is 0 Å². The van der Waals surface area contributed by atoms with Crippen molar-refractivity contribution in [2.45, 2.75) is 19.5 Å². The minimum absolute atomic E-state index is 0.0836. The molecule has 0 aliphatic carbocycles. The lowest BCUT2D eigenvalue weighted by molar-refractivity contribution is -0.122. The first kappa shape index (κ1) is 17.0. The summed E-state index contributed by atoms with van der Waals surface area (Å²) in [7, 11) is 0. The summed E-state index contributed by atoms with van der Waals surface area (Å²) in [5.74, 6) is -0.253. The van der Waals surface area contributed by atoms with Gasteiger partial charge >= 0.3 is 0 Å². The van der Waals surface area contributed by atoms with E-state index in [1.165, 1.54) is 6.07 Å². The highest BCUT2D eigenvalue weighted by atomic mass is 19.1. The molecule has 0 radical (unpaired) electrons. The zero-order chi connectivity index (χ0) is 16.5. The Labute approximate surface area is 135 Å². The van der Waals surface area contributed by atoms with Crippen molar-refractivity contribution in [2.24, 2.45) is 0 Å². The molecule has 2 N–H and O–H groups in total. The van der Waals surface area contributed by atoms with Crippen LogP contribution in [0.2, 0.25) is 0 Å². The standard InChI is InChI=1S/C18H21FN2O2/c1-14(18(22)21-13-15-7-3-2-4-8-15)20-11-12-23-17-10-6-5-9-16(17)19/h2-10,14,20H,11-13H2,1H3,(H,21,22)/t14-/m1/s1. The van der Waals surface area contributed by atoms with E-state index in [-0.39, 0.29) is 30.1 Å². The molecule has 0 aliphatic heterocycles. The number of nitrogens with one attached hydrogen (secondary N) is 2. The predicted molar refractivity (Wildman–Crippen MR) is 87.6 cm³/mol. The molecule has 1 amide bonds. The molecule has 2 aromatic carbocycles. The molecule has 0 heterocycles. The van der Waals surface area contributed by atoms with E-state index >= 15 is 0 Å². The SMILES string of the molecule is C[C@@H](NCCOc1ccccc1F)C(=O)NCc1ccccc1. The largest absolute Gasteiger partial charge is 0.489 e. The Morgan fingerprint density at radius 1 is 1.13 bits per heavy atom. The molecule has 122 valence electrons. The molecule has 23 heavy (non-hydrogen) atoms. The normalized spacial score (nSPS) is 11.7. The summed E-state index contributed by atoms with van der Waals surface area (Å²) in [4.78, 5) is 12.0. The number of para-hydroxylation sites is 1. The molecule has 0 unspecified atom stereocenters. The lowest BCUT2D eigenvalue weighted by atomic mass is 10.2. The first-order valence-corrected chi connectivity index (χ1v) is 7.59. The molecule has 0 saturated heterocycles. The summed E-state index contributed by atoms with van der Waals surface area (Å²) in [5.41, 5.74) is 1.05. The lowest BCUT2D eigenvalue weighted by Gasteiger charge is -2.14. The monoisotopic (exact) mass is 316 g/mol. The fourth-order valence-corrected chi connectivity index (χ4v) is 2.03. The highest BCUT2D eigenvalue weighted by Crippen LogP contribution is 2.14. The predicted octanol–water partition coefficient (Wildman–Crippen LogP) is 2.50. The van der Waals surface area contributed by atoms with Crippen LogP contribution in [0.3, 0.4) is 0 Å². The number of rotatable bonds is 8. The van der Waals surface area contributed by atoms with Gasteiger partial charge in [-0.25, -0.2) is 4.39 Å². The molecule has 0 saturated carbocycles. The van der Waals surface area contributed by atoms with Gasteiger partial charge < -0.3 is 15.4 Å². The quantitative estimate of drug-likeness (QED) is 0.736. The second kappa shape index (κ2) is 8.90. The molecule has 5 heteroatoms. The van der Waals surface area contributed by atoms with Crippen LogP contribution in [0.1, 0.15) is 12.5 Å². The summed E-state index contributed by atoms with van der Waals surface area (Å²) in [6.07, 6.45) is 0. The molecule has 0 fully saturated rings. The Morgan fingerprint density at radius 3 is 2.57 bits per heavy atom. The average Bonchev–Trinajstić information content (AvgIpc) is 2.58. The summed E-state index contributed by atoms with van der Waals surface area (Å²) < 4.78 is 18.7. The number of carbonyl (C=O) groups is 1. The smallest absolute Gasteiger partial charge is 0.237 e. The van der Waals surface area contributed by atoms with Crippen LogP contribution in [-0.2, 0) is 11.3 Å². The van der Waals surface area contributed by atoms with Crippen molar-refractivity contribution >= 4 is 5.91 Å². The Bertz CT molecular complexity index is 619. The van der Waals surface area contributed by atoms with Crippen molar-refractivity contribution in [1.29, 1.82) is 0 Å². The van der Waals surface area contributed by atoms with Crippen molar-refractivity contribution in [3.05, 3.63) is 66.0 Å². The molecular formula is C18H21FN2O2. The zero-order valence-corrected chi connectivity index (χ0v) is 13.1. The third kappa shape index (κ3) is 5.71.